The van der Waals surface area contributed by atoms with Gasteiger partial charge in [0, 0.05) is 36.3 Å². The molecule has 0 fully saturated rings. The van der Waals surface area contributed by atoms with E-state index in [9.17, 15) is 9.59 Å². The van der Waals surface area contributed by atoms with Crippen LogP contribution in [0.2, 0.25) is 0 Å². The highest BCUT2D eigenvalue weighted by atomic mass is 16.1. The zero-order valence-electron chi connectivity index (χ0n) is 16.5. The molecule has 0 atom stereocenters. The Labute approximate surface area is 172 Å². The molecule has 4 aromatic heterocycles. The number of carbonyl (C=O) groups excluding carboxylic acids is 1. The maximum Gasteiger partial charge on any atom is 0.278 e. The quantitative estimate of drug-likeness (QED) is 0.299. The number of hydrogen-bond acceptors (Lipinski definition) is 5. The summed E-state index contributed by atoms with van der Waals surface area (Å²) in [7, 11) is 0. The number of nitrogens with zero attached hydrogens (tertiary/aromatic N) is 4. The number of nitrogens with one attached hydrogen (secondary N) is 1. The average Bonchev–Trinajstić information content (AvgIpc) is 2.75. The van der Waals surface area contributed by atoms with Crippen molar-refractivity contribution < 1.29 is 9.36 Å². The molecule has 30 heavy (non-hydrogen) atoms. The van der Waals surface area contributed by atoms with Gasteiger partial charge >= 0.3 is 0 Å². The molecule has 1 amide bonds. The Bertz CT molecular complexity index is 1350. The van der Waals surface area contributed by atoms with Gasteiger partial charge in [0.15, 0.2) is 0 Å². The summed E-state index contributed by atoms with van der Waals surface area (Å²) in [5.74, 6) is -0.166. The van der Waals surface area contributed by atoms with Gasteiger partial charge in [0.2, 0.25) is 11.5 Å². The van der Waals surface area contributed by atoms with Crippen LogP contribution in [0.25, 0.3) is 16.7 Å². The van der Waals surface area contributed by atoms with Gasteiger partial charge in [-0.25, -0.2) is 4.57 Å². The van der Waals surface area contributed by atoms with E-state index in [0.717, 1.165) is 11.1 Å². The van der Waals surface area contributed by atoms with Crippen LogP contribution in [0, 0.1) is 6.92 Å². The predicted octanol–water partition coefficient (Wildman–Crippen LogP) is 1.38. The standard InChI is InChI=1S/C22H20N6O2/c1-3-8-25-21(29)16-11-17-20(26-19-14(2)6-5-10-27(19)22(17)30)28(18(16)23)13-15-7-4-9-24-12-15/h3-7,9-12,23H,1,8,13H2,2H3,(H,25,29)/p+1. The summed E-state index contributed by atoms with van der Waals surface area (Å²) in [6.07, 6.45) is 6.63. The van der Waals surface area contributed by atoms with E-state index >= 15 is 0 Å². The Hall–Kier alpha value is -4.07. The van der Waals surface area contributed by atoms with E-state index in [2.05, 4.69) is 16.9 Å². The van der Waals surface area contributed by atoms with Crippen molar-refractivity contribution >= 4 is 28.4 Å². The molecule has 4 rings (SSSR count). The van der Waals surface area contributed by atoms with Crippen LogP contribution in [-0.2, 0) is 6.54 Å². The van der Waals surface area contributed by atoms with E-state index < -0.39 is 0 Å². The van der Waals surface area contributed by atoms with Crippen LogP contribution in [0.5, 0.6) is 0 Å². The molecular weight excluding hydrogens is 380 g/mol. The molecule has 0 radical (unpaired) electrons. The molecule has 0 bridgehead atoms. The van der Waals surface area contributed by atoms with Gasteiger partial charge < -0.3 is 11.1 Å². The summed E-state index contributed by atoms with van der Waals surface area (Å²) >= 11 is 0. The van der Waals surface area contributed by atoms with Crippen molar-refractivity contribution in [2.75, 3.05) is 12.3 Å². The SMILES string of the molecule is C=CCNC(=O)c1cc2c(=O)n3cccc(C)c3nc2[n+](Cc2cccnc2)c1N. The summed E-state index contributed by atoms with van der Waals surface area (Å²) in [6, 6.07) is 8.90. The maximum absolute atomic E-state index is 13.3. The van der Waals surface area contributed by atoms with Crippen LogP contribution < -0.4 is 21.2 Å². The number of nitrogen functional groups attached to an aromatic ring is 1. The highest BCUT2D eigenvalue weighted by Crippen LogP contribution is 2.16. The molecule has 0 aromatic carbocycles. The van der Waals surface area contributed by atoms with Crippen LogP contribution in [-0.4, -0.2) is 26.8 Å². The number of nitrogens with two attached hydrogens (primary N) is 1. The molecule has 3 N–H and O–H groups in total. The summed E-state index contributed by atoms with van der Waals surface area (Å²) in [4.78, 5) is 34.8. The third kappa shape index (κ3) is 3.28. The minimum absolute atomic E-state index is 0.208. The van der Waals surface area contributed by atoms with Gasteiger partial charge in [-0.1, -0.05) is 23.2 Å². The van der Waals surface area contributed by atoms with Gasteiger partial charge in [-0.3, -0.25) is 19.0 Å². The van der Waals surface area contributed by atoms with Crippen molar-refractivity contribution in [2.24, 2.45) is 0 Å². The summed E-state index contributed by atoms with van der Waals surface area (Å²) in [5, 5.41) is 3.02. The number of anilines is 1. The number of aryl methyl sites for hydroxylation is 1. The third-order valence-corrected chi connectivity index (χ3v) is 4.89. The first-order valence-corrected chi connectivity index (χ1v) is 9.43. The van der Waals surface area contributed by atoms with Crippen molar-refractivity contribution in [3.63, 3.8) is 0 Å². The number of carbonyl (C=O) groups is 1. The zero-order valence-corrected chi connectivity index (χ0v) is 16.5. The van der Waals surface area contributed by atoms with Crippen molar-refractivity contribution in [1.29, 1.82) is 0 Å². The second-order valence-electron chi connectivity index (χ2n) is 6.93. The Kier molecular flexibility index (Phi) is 4.97. The molecule has 4 aromatic rings. The topological polar surface area (TPSA) is 106 Å². The lowest BCUT2D eigenvalue weighted by atomic mass is 10.1. The number of pyridine rings is 3. The second kappa shape index (κ2) is 7.75. The van der Waals surface area contributed by atoms with Gasteiger partial charge in [0.1, 0.15) is 10.9 Å². The van der Waals surface area contributed by atoms with E-state index in [1.807, 2.05) is 25.1 Å². The van der Waals surface area contributed by atoms with Crippen molar-refractivity contribution in [3.05, 3.63) is 88.6 Å². The van der Waals surface area contributed by atoms with E-state index in [1.54, 1.807) is 35.3 Å². The fourth-order valence-electron chi connectivity index (χ4n) is 3.39. The molecule has 150 valence electrons. The van der Waals surface area contributed by atoms with Crippen molar-refractivity contribution in [2.45, 2.75) is 13.5 Å². The predicted molar refractivity (Wildman–Crippen MR) is 114 cm³/mol. The van der Waals surface area contributed by atoms with Crippen LogP contribution in [0.3, 0.4) is 0 Å². The van der Waals surface area contributed by atoms with Gasteiger partial charge in [-0.05, 0) is 25.1 Å². The summed E-state index contributed by atoms with van der Waals surface area (Å²) in [6.45, 7) is 6.09. The van der Waals surface area contributed by atoms with Crippen molar-refractivity contribution in [1.82, 2.24) is 19.7 Å². The Morgan fingerprint density at radius 2 is 2.20 bits per heavy atom. The van der Waals surface area contributed by atoms with E-state index in [-0.39, 0.29) is 29.4 Å². The number of rotatable bonds is 5. The lowest BCUT2D eigenvalue weighted by molar-refractivity contribution is -0.649. The Balaban J connectivity index is 2.05. The molecule has 0 aliphatic rings. The van der Waals surface area contributed by atoms with Crippen molar-refractivity contribution in [3.8, 4) is 0 Å². The molecular formula is C22H21N6O2+. The molecule has 0 spiro atoms. The number of aromatic nitrogens is 4. The first-order chi connectivity index (χ1) is 14.5. The third-order valence-electron chi connectivity index (χ3n) is 4.89. The number of hydrogen-bond donors (Lipinski definition) is 2. The first-order valence-electron chi connectivity index (χ1n) is 9.43. The molecule has 0 saturated carbocycles. The fourth-order valence-corrected chi connectivity index (χ4v) is 3.39. The average molecular weight is 401 g/mol. The van der Waals surface area contributed by atoms with E-state index in [1.165, 1.54) is 10.5 Å². The van der Waals surface area contributed by atoms with Crippen LogP contribution >= 0.6 is 0 Å². The monoisotopic (exact) mass is 401 g/mol. The van der Waals surface area contributed by atoms with E-state index in [4.69, 9.17) is 10.7 Å². The van der Waals surface area contributed by atoms with Crippen LogP contribution in [0.1, 0.15) is 21.5 Å². The van der Waals surface area contributed by atoms with Gasteiger partial charge in [-0.15, -0.1) is 6.58 Å². The number of fused-ring (bicyclic) bond motifs is 2. The molecule has 8 nitrogen and oxygen atoms in total. The summed E-state index contributed by atoms with van der Waals surface area (Å²) < 4.78 is 3.16. The maximum atomic E-state index is 13.3. The lowest BCUT2D eigenvalue weighted by Crippen LogP contribution is -2.43. The van der Waals surface area contributed by atoms with Crippen LogP contribution in [0.15, 0.2) is 66.4 Å². The van der Waals surface area contributed by atoms with E-state index in [0.29, 0.717) is 23.2 Å². The number of amides is 1. The smallest absolute Gasteiger partial charge is 0.278 e. The molecule has 4 heterocycles. The molecule has 0 aliphatic heterocycles. The Morgan fingerprint density at radius 1 is 1.37 bits per heavy atom. The fraction of sp³-hybridized carbons (Fsp3) is 0.136. The second-order valence-corrected chi connectivity index (χ2v) is 6.93. The van der Waals surface area contributed by atoms with Gasteiger partial charge in [-0.2, -0.15) is 0 Å². The highest BCUT2D eigenvalue weighted by Gasteiger charge is 2.24. The lowest BCUT2D eigenvalue weighted by Gasteiger charge is -2.12. The minimum Gasteiger partial charge on any atom is -0.348 e. The molecule has 0 aliphatic carbocycles. The molecule has 0 unspecified atom stereocenters. The van der Waals surface area contributed by atoms with Gasteiger partial charge in [0.25, 0.3) is 17.1 Å². The normalized spacial score (nSPS) is 11.0. The molecule has 0 saturated heterocycles. The zero-order chi connectivity index (χ0) is 21.3. The minimum atomic E-state index is -0.386. The van der Waals surface area contributed by atoms with Crippen LogP contribution in [0.4, 0.5) is 5.82 Å². The Morgan fingerprint density at radius 3 is 2.93 bits per heavy atom. The summed E-state index contributed by atoms with van der Waals surface area (Å²) in [5.41, 5.74) is 9.03. The molecule has 8 heteroatoms. The van der Waals surface area contributed by atoms with Gasteiger partial charge in [0.05, 0.1) is 6.54 Å². The largest absolute Gasteiger partial charge is 0.348 e. The highest BCUT2D eigenvalue weighted by molar-refractivity contribution is 6.00. The first kappa shape index (κ1) is 19.3.